The van der Waals surface area contributed by atoms with E-state index in [4.69, 9.17) is 14.2 Å². The molecule has 19 heavy (non-hydrogen) atoms. The van der Waals surface area contributed by atoms with Crippen molar-refractivity contribution < 1.29 is 14.2 Å². The molecule has 2 heterocycles. The van der Waals surface area contributed by atoms with Crippen LogP contribution in [0.15, 0.2) is 12.1 Å². The monoisotopic (exact) mass is 262 g/mol. The number of imidazole rings is 1. The number of nitrogens with one attached hydrogen (secondary N) is 1. The predicted molar refractivity (Wildman–Crippen MR) is 71.9 cm³/mol. The molecule has 5 nitrogen and oxygen atoms in total. The highest BCUT2D eigenvalue weighted by Crippen LogP contribution is 2.31. The topological polar surface area (TPSA) is 56.4 Å². The Balaban J connectivity index is 1.91. The van der Waals surface area contributed by atoms with E-state index >= 15 is 0 Å². The van der Waals surface area contributed by atoms with Crippen LogP contribution in [0.3, 0.4) is 0 Å². The van der Waals surface area contributed by atoms with E-state index in [9.17, 15) is 0 Å². The lowest BCUT2D eigenvalue weighted by Crippen LogP contribution is -2.09. The molecule has 0 spiro atoms. The second-order valence-corrected chi connectivity index (χ2v) is 4.75. The largest absolute Gasteiger partial charge is 0.493 e. The first-order valence-corrected chi connectivity index (χ1v) is 6.52. The third kappa shape index (κ3) is 2.38. The predicted octanol–water partition coefficient (Wildman–Crippen LogP) is 2.30. The number of H-pyrrole nitrogens is 1. The van der Waals surface area contributed by atoms with Gasteiger partial charge in [-0.05, 0) is 12.8 Å². The molecule has 0 bridgehead atoms. The van der Waals surface area contributed by atoms with Crippen LogP contribution in [0.2, 0.25) is 0 Å². The van der Waals surface area contributed by atoms with Gasteiger partial charge in [0.2, 0.25) is 0 Å². The molecule has 0 amide bonds. The van der Waals surface area contributed by atoms with Gasteiger partial charge >= 0.3 is 0 Å². The summed E-state index contributed by atoms with van der Waals surface area (Å²) >= 11 is 0. The molecule has 1 saturated heterocycles. The normalized spacial score (nSPS) is 18.9. The highest BCUT2D eigenvalue weighted by atomic mass is 16.5. The number of fused-ring (bicyclic) bond motifs is 1. The van der Waals surface area contributed by atoms with Gasteiger partial charge in [-0.25, -0.2) is 4.98 Å². The number of hydrogen-bond donors (Lipinski definition) is 1. The van der Waals surface area contributed by atoms with Gasteiger partial charge in [0.05, 0.1) is 31.4 Å². The van der Waals surface area contributed by atoms with Gasteiger partial charge < -0.3 is 19.2 Å². The number of nitrogens with zero attached hydrogens (tertiary/aromatic N) is 1. The fourth-order valence-corrected chi connectivity index (χ4v) is 2.51. The number of aromatic nitrogens is 2. The van der Waals surface area contributed by atoms with Gasteiger partial charge in [-0.15, -0.1) is 0 Å². The van der Waals surface area contributed by atoms with Gasteiger partial charge in [-0.3, -0.25) is 0 Å². The van der Waals surface area contributed by atoms with Crippen LogP contribution >= 0.6 is 0 Å². The molecule has 2 aromatic rings. The number of rotatable bonds is 4. The van der Waals surface area contributed by atoms with E-state index in [2.05, 4.69) is 9.97 Å². The van der Waals surface area contributed by atoms with Gasteiger partial charge in [0.25, 0.3) is 0 Å². The Hall–Kier alpha value is -1.75. The average Bonchev–Trinajstić information content (AvgIpc) is 3.05. The molecular formula is C14H18N2O3. The second-order valence-electron chi connectivity index (χ2n) is 4.75. The number of methoxy groups -OCH3 is 2. The lowest BCUT2D eigenvalue weighted by atomic mass is 10.2. The third-order valence-electron chi connectivity index (χ3n) is 3.48. The third-order valence-corrected chi connectivity index (χ3v) is 3.48. The SMILES string of the molecule is COc1cc2nc(CC3CCCO3)[nH]c2cc1OC. The summed E-state index contributed by atoms with van der Waals surface area (Å²) in [6.07, 6.45) is 3.39. The Morgan fingerprint density at radius 3 is 2.79 bits per heavy atom. The molecule has 3 rings (SSSR count). The van der Waals surface area contributed by atoms with Crippen LogP contribution in [0.25, 0.3) is 11.0 Å². The summed E-state index contributed by atoms with van der Waals surface area (Å²) < 4.78 is 16.2. The van der Waals surface area contributed by atoms with Gasteiger partial charge in [-0.2, -0.15) is 0 Å². The van der Waals surface area contributed by atoms with Crippen molar-refractivity contribution in [2.24, 2.45) is 0 Å². The van der Waals surface area contributed by atoms with Gasteiger partial charge in [-0.1, -0.05) is 0 Å². The van der Waals surface area contributed by atoms with Crippen molar-refractivity contribution in [1.29, 1.82) is 0 Å². The fraction of sp³-hybridized carbons (Fsp3) is 0.500. The molecule has 1 unspecified atom stereocenters. The lowest BCUT2D eigenvalue weighted by molar-refractivity contribution is 0.110. The first-order chi connectivity index (χ1) is 9.30. The Morgan fingerprint density at radius 2 is 2.11 bits per heavy atom. The van der Waals surface area contributed by atoms with E-state index < -0.39 is 0 Å². The molecule has 1 aliphatic heterocycles. The maximum atomic E-state index is 5.63. The van der Waals surface area contributed by atoms with Gasteiger partial charge in [0.15, 0.2) is 11.5 Å². The van der Waals surface area contributed by atoms with Crippen LogP contribution in [0.5, 0.6) is 11.5 Å². The molecule has 5 heteroatoms. The summed E-state index contributed by atoms with van der Waals surface area (Å²) in [4.78, 5) is 7.91. The van der Waals surface area contributed by atoms with Crippen molar-refractivity contribution in [3.63, 3.8) is 0 Å². The molecular weight excluding hydrogens is 244 g/mol. The summed E-state index contributed by atoms with van der Waals surface area (Å²) in [5, 5.41) is 0. The molecule has 0 radical (unpaired) electrons. The maximum absolute atomic E-state index is 5.63. The van der Waals surface area contributed by atoms with E-state index in [0.29, 0.717) is 17.6 Å². The van der Waals surface area contributed by atoms with Crippen molar-refractivity contribution in [2.45, 2.75) is 25.4 Å². The quantitative estimate of drug-likeness (QED) is 0.918. The van der Waals surface area contributed by atoms with Crippen LogP contribution in [0.1, 0.15) is 18.7 Å². The molecule has 1 aliphatic rings. The summed E-state index contributed by atoms with van der Waals surface area (Å²) in [7, 11) is 3.26. The minimum absolute atomic E-state index is 0.296. The molecule has 1 aromatic heterocycles. The van der Waals surface area contributed by atoms with E-state index in [0.717, 1.165) is 42.7 Å². The summed E-state index contributed by atoms with van der Waals surface area (Å²) in [6.45, 7) is 0.868. The number of aromatic amines is 1. The van der Waals surface area contributed by atoms with Crippen LogP contribution in [-0.4, -0.2) is 36.9 Å². The number of ether oxygens (including phenoxy) is 3. The van der Waals surface area contributed by atoms with Crippen molar-refractivity contribution in [3.8, 4) is 11.5 Å². The molecule has 102 valence electrons. The van der Waals surface area contributed by atoms with Crippen LogP contribution in [0.4, 0.5) is 0 Å². The molecule has 1 aromatic carbocycles. The first kappa shape index (κ1) is 12.3. The van der Waals surface area contributed by atoms with Crippen molar-refractivity contribution >= 4 is 11.0 Å². The maximum Gasteiger partial charge on any atom is 0.163 e. The Labute approximate surface area is 111 Å². The van der Waals surface area contributed by atoms with Crippen LogP contribution in [0, 0.1) is 0 Å². The van der Waals surface area contributed by atoms with E-state index in [1.165, 1.54) is 0 Å². The molecule has 0 aliphatic carbocycles. The smallest absolute Gasteiger partial charge is 0.163 e. The number of hydrogen-bond acceptors (Lipinski definition) is 4. The fourth-order valence-electron chi connectivity index (χ4n) is 2.51. The van der Waals surface area contributed by atoms with Gasteiger partial charge in [0, 0.05) is 25.2 Å². The Kier molecular flexibility index (Phi) is 3.29. The van der Waals surface area contributed by atoms with E-state index in [1.807, 2.05) is 12.1 Å². The lowest BCUT2D eigenvalue weighted by Gasteiger charge is -2.06. The first-order valence-electron chi connectivity index (χ1n) is 6.52. The summed E-state index contributed by atoms with van der Waals surface area (Å²) in [5.41, 5.74) is 1.86. The van der Waals surface area contributed by atoms with Gasteiger partial charge in [0.1, 0.15) is 5.82 Å². The highest BCUT2D eigenvalue weighted by molar-refractivity contribution is 5.79. The Morgan fingerprint density at radius 1 is 1.32 bits per heavy atom. The van der Waals surface area contributed by atoms with Crippen molar-refractivity contribution in [1.82, 2.24) is 9.97 Å². The Bertz CT molecular complexity index is 532. The van der Waals surface area contributed by atoms with Crippen molar-refractivity contribution in [2.75, 3.05) is 20.8 Å². The second kappa shape index (κ2) is 5.09. The zero-order chi connectivity index (χ0) is 13.2. The van der Waals surface area contributed by atoms with Crippen molar-refractivity contribution in [3.05, 3.63) is 18.0 Å². The summed E-state index contributed by atoms with van der Waals surface area (Å²) in [6, 6.07) is 3.81. The minimum atomic E-state index is 0.296. The zero-order valence-electron chi connectivity index (χ0n) is 11.2. The van der Waals surface area contributed by atoms with Crippen LogP contribution in [-0.2, 0) is 11.2 Å². The average molecular weight is 262 g/mol. The molecule has 0 saturated carbocycles. The van der Waals surface area contributed by atoms with E-state index in [-0.39, 0.29) is 0 Å². The summed E-state index contributed by atoms with van der Waals surface area (Å²) in [5.74, 6) is 2.37. The molecule has 1 fully saturated rings. The van der Waals surface area contributed by atoms with Crippen LogP contribution < -0.4 is 9.47 Å². The highest BCUT2D eigenvalue weighted by Gasteiger charge is 2.18. The zero-order valence-corrected chi connectivity index (χ0v) is 11.2. The standard InChI is InChI=1S/C14H18N2O3/c1-17-12-7-10-11(8-13(12)18-2)16-14(15-10)6-9-4-3-5-19-9/h7-9H,3-6H2,1-2H3,(H,15,16). The molecule has 1 N–H and O–H groups in total. The number of benzene rings is 1. The van der Waals surface area contributed by atoms with E-state index in [1.54, 1.807) is 14.2 Å². The minimum Gasteiger partial charge on any atom is -0.493 e. The molecule has 1 atom stereocenters.